The maximum Gasteiger partial charge on any atom is 0.291 e. The summed E-state index contributed by atoms with van der Waals surface area (Å²) in [6.45, 7) is 0.408. The van der Waals surface area contributed by atoms with Crippen molar-refractivity contribution < 1.29 is 4.74 Å². The van der Waals surface area contributed by atoms with Crippen LogP contribution in [0.5, 0.6) is 5.75 Å². The highest BCUT2D eigenvalue weighted by atomic mass is 32.1. The molecule has 30 heavy (non-hydrogen) atoms. The molecule has 4 aromatic rings. The lowest BCUT2D eigenvalue weighted by atomic mass is 9.87. The topological polar surface area (TPSA) is 61.9 Å². The van der Waals surface area contributed by atoms with Gasteiger partial charge >= 0.3 is 0 Å². The predicted octanol–water partition coefficient (Wildman–Crippen LogP) is 4.52. The molecule has 3 heterocycles. The van der Waals surface area contributed by atoms with Gasteiger partial charge in [0.1, 0.15) is 11.3 Å². The molecule has 1 aliphatic carbocycles. The minimum Gasteiger partial charge on any atom is -0.497 e. The van der Waals surface area contributed by atoms with Crippen molar-refractivity contribution in [2.24, 2.45) is 13.0 Å². The maximum atomic E-state index is 13.2. The molecule has 156 valence electrons. The van der Waals surface area contributed by atoms with Crippen LogP contribution in [0.25, 0.3) is 21.3 Å². The molecule has 0 bridgehead atoms. The Bertz CT molecular complexity index is 1260. The number of ether oxygens (including phenoxy) is 1. The molecule has 1 aliphatic rings. The number of aromatic nitrogens is 4. The van der Waals surface area contributed by atoms with Gasteiger partial charge in [-0.2, -0.15) is 5.10 Å². The lowest BCUT2D eigenvalue weighted by molar-refractivity contribution is 0.356. The number of hydrogen-bond acceptors (Lipinski definition) is 5. The van der Waals surface area contributed by atoms with E-state index < -0.39 is 0 Å². The fourth-order valence-corrected chi connectivity index (χ4v) is 5.83. The van der Waals surface area contributed by atoms with Gasteiger partial charge in [0, 0.05) is 18.9 Å². The fraction of sp³-hybridized carbons (Fsp3) is 0.435. The molecule has 1 saturated carbocycles. The largest absolute Gasteiger partial charge is 0.497 e. The van der Waals surface area contributed by atoms with Crippen LogP contribution in [0, 0.1) is 5.92 Å². The zero-order valence-electron chi connectivity index (χ0n) is 17.4. The van der Waals surface area contributed by atoms with Crippen molar-refractivity contribution in [3.8, 4) is 5.75 Å². The quantitative estimate of drug-likeness (QED) is 0.474. The first-order chi connectivity index (χ1) is 14.6. The van der Waals surface area contributed by atoms with Gasteiger partial charge in [-0.15, -0.1) is 11.3 Å². The van der Waals surface area contributed by atoms with Crippen LogP contribution in [0.3, 0.4) is 0 Å². The molecule has 3 aromatic heterocycles. The highest BCUT2D eigenvalue weighted by molar-refractivity contribution is 7.19. The summed E-state index contributed by atoms with van der Waals surface area (Å²) in [6, 6.07) is 7.73. The molecule has 7 heteroatoms. The molecule has 5 rings (SSSR count). The third-order valence-electron chi connectivity index (χ3n) is 6.22. The van der Waals surface area contributed by atoms with Gasteiger partial charge < -0.3 is 9.30 Å². The van der Waals surface area contributed by atoms with E-state index in [2.05, 4.69) is 5.10 Å². The predicted molar refractivity (Wildman–Crippen MR) is 121 cm³/mol. The van der Waals surface area contributed by atoms with E-state index in [-0.39, 0.29) is 5.56 Å². The molecule has 0 amide bonds. The number of benzene rings is 1. The first kappa shape index (κ1) is 19.3. The van der Waals surface area contributed by atoms with Crippen LogP contribution in [0.15, 0.2) is 35.3 Å². The molecule has 0 saturated heterocycles. The Morgan fingerprint density at radius 3 is 2.87 bits per heavy atom. The molecule has 6 nitrogen and oxygen atoms in total. The molecule has 0 spiro atoms. The van der Waals surface area contributed by atoms with E-state index in [0.717, 1.165) is 39.4 Å². The number of rotatable bonds is 5. The molecular weight excluding hydrogens is 396 g/mol. The summed E-state index contributed by atoms with van der Waals surface area (Å²) in [5.41, 5.74) is 2.47. The van der Waals surface area contributed by atoms with Crippen LogP contribution in [-0.4, -0.2) is 26.4 Å². The Hall–Kier alpha value is -2.67. The normalized spacial score (nSPS) is 15.3. The van der Waals surface area contributed by atoms with Crippen molar-refractivity contribution in [3.63, 3.8) is 0 Å². The number of hydrogen-bond donors (Lipinski definition) is 0. The highest BCUT2D eigenvalue weighted by Crippen LogP contribution is 2.34. The van der Waals surface area contributed by atoms with E-state index >= 15 is 0 Å². The van der Waals surface area contributed by atoms with Crippen LogP contribution in [-0.2, 0) is 20.0 Å². The van der Waals surface area contributed by atoms with E-state index in [1.54, 1.807) is 18.4 Å². The van der Waals surface area contributed by atoms with Gasteiger partial charge in [-0.25, -0.2) is 9.67 Å². The Kier molecular flexibility index (Phi) is 5.06. The second kappa shape index (κ2) is 7.87. The van der Waals surface area contributed by atoms with Gasteiger partial charge in [0.2, 0.25) is 0 Å². The summed E-state index contributed by atoms with van der Waals surface area (Å²) >= 11 is 1.73. The molecule has 1 aromatic carbocycles. The molecule has 0 unspecified atom stereocenters. The van der Waals surface area contributed by atoms with Crippen molar-refractivity contribution >= 4 is 32.6 Å². The van der Waals surface area contributed by atoms with E-state index in [4.69, 9.17) is 9.72 Å². The third kappa shape index (κ3) is 3.41. The average molecular weight is 423 g/mol. The van der Waals surface area contributed by atoms with E-state index in [1.165, 1.54) is 41.8 Å². The average Bonchev–Trinajstić information content (AvgIpc) is 3.29. The summed E-state index contributed by atoms with van der Waals surface area (Å²) in [5.74, 6) is 1.53. The van der Waals surface area contributed by atoms with Crippen molar-refractivity contribution in [2.75, 3.05) is 7.11 Å². The number of nitrogens with zero attached hydrogens (tertiary/aromatic N) is 4. The summed E-state index contributed by atoms with van der Waals surface area (Å²) in [6.07, 6.45) is 9.56. The summed E-state index contributed by atoms with van der Waals surface area (Å²) in [7, 11) is 3.58. The minimum atomic E-state index is -0.0862. The second-order valence-corrected chi connectivity index (χ2v) is 9.33. The van der Waals surface area contributed by atoms with Gasteiger partial charge in [-0.1, -0.05) is 44.2 Å². The van der Waals surface area contributed by atoms with Gasteiger partial charge in [-0.05, 0) is 23.6 Å². The molecule has 0 radical (unpaired) electrons. The summed E-state index contributed by atoms with van der Waals surface area (Å²) < 4.78 is 9.83. The summed E-state index contributed by atoms with van der Waals surface area (Å²) in [4.78, 5) is 18.1. The standard InChI is InChI=1S/C23H26N4O2S/c1-26-20-18(21-22(26)25-19(30-21)12-15-7-4-3-5-8-15)13-24-27(23(20)28)14-16-9-6-10-17(11-16)29-2/h6,9-11,13,15H,3-5,7-8,12,14H2,1-2H3. The van der Waals surface area contributed by atoms with Crippen LogP contribution in [0.2, 0.25) is 0 Å². The highest BCUT2D eigenvalue weighted by Gasteiger charge is 2.21. The Labute approximate surface area is 179 Å². The number of aryl methyl sites for hydroxylation is 1. The number of methoxy groups -OCH3 is 1. The smallest absolute Gasteiger partial charge is 0.291 e. The molecule has 0 aliphatic heterocycles. The zero-order chi connectivity index (χ0) is 20.7. The third-order valence-corrected chi connectivity index (χ3v) is 7.32. The van der Waals surface area contributed by atoms with Gasteiger partial charge in [0.05, 0.1) is 29.6 Å². The minimum absolute atomic E-state index is 0.0862. The van der Waals surface area contributed by atoms with E-state index in [9.17, 15) is 4.79 Å². The summed E-state index contributed by atoms with van der Waals surface area (Å²) in [5, 5.41) is 6.57. The Morgan fingerprint density at radius 1 is 1.23 bits per heavy atom. The number of thiazole rings is 1. The van der Waals surface area contributed by atoms with Crippen LogP contribution in [0.4, 0.5) is 0 Å². The van der Waals surface area contributed by atoms with Crippen LogP contribution in [0.1, 0.15) is 42.7 Å². The molecule has 1 fully saturated rings. The molecule has 0 atom stereocenters. The molecule has 0 N–H and O–H groups in total. The lowest BCUT2D eigenvalue weighted by Gasteiger charge is -2.20. The lowest BCUT2D eigenvalue weighted by Crippen LogP contribution is -2.24. The second-order valence-electron chi connectivity index (χ2n) is 8.25. The maximum absolute atomic E-state index is 13.2. The first-order valence-electron chi connectivity index (χ1n) is 10.6. The van der Waals surface area contributed by atoms with Gasteiger partial charge in [0.25, 0.3) is 5.56 Å². The fourth-order valence-electron chi connectivity index (χ4n) is 4.61. The monoisotopic (exact) mass is 422 g/mol. The number of fused-ring (bicyclic) bond motifs is 3. The van der Waals surface area contributed by atoms with Crippen molar-refractivity contribution in [3.05, 3.63) is 51.4 Å². The van der Waals surface area contributed by atoms with Crippen LogP contribution < -0.4 is 10.3 Å². The molecular formula is C23H26N4O2S. The van der Waals surface area contributed by atoms with E-state index in [1.807, 2.05) is 42.1 Å². The SMILES string of the molecule is COc1cccc(Cn2ncc3c4sc(CC5CCCCC5)nc4n(C)c3c2=O)c1. The van der Waals surface area contributed by atoms with Gasteiger partial charge in [0.15, 0.2) is 5.65 Å². The van der Waals surface area contributed by atoms with Gasteiger partial charge in [-0.3, -0.25) is 4.79 Å². The van der Waals surface area contributed by atoms with E-state index in [0.29, 0.717) is 12.1 Å². The Balaban J connectivity index is 1.50. The van der Waals surface area contributed by atoms with Crippen molar-refractivity contribution in [1.29, 1.82) is 0 Å². The van der Waals surface area contributed by atoms with Crippen molar-refractivity contribution in [1.82, 2.24) is 19.3 Å². The Morgan fingerprint density at radius 2 is 2.07 bits per heavy atom. The zero-order valence-corrected chi connectivity index (χ0v) is 18.2. The first-order valence-corrected chi connectivity index (χ1v) is 11.4. The van der Waals surface area contributed by atoms with Crippen molar-refractivity contribution in [2.45, 2.75) is 45.1 Å². The van der Waals surface area contributed by atoms with Crippen LogP contribution >= 0.6 is 11.3 Å².